The summed E-state index contributed by atoms with van der Waals surface area (Å²) in [5.74, 6) is 0.613. The van der Waals surface area contributed by atoms with Crippen molar-refractivity contribution in [2.75, 3.05) is 13.7 Å². The molecular weight excluding hydrogens is 422 g/mol. The van der Waals surface area contributed by atoms with Crippen molar-refractivity contribution in [1.29, 1.82) is 0 Å². The number of rotatable bonds is 5. The number of aromatic nitrogens is 2. The van der Waals surface area contributed by atoms with Crippen LogP contribution < -0.4 is 10.1 Å². The van der Waals surface area contributed by atoms with Gasteiger partial charge in [0.05, 0.1) is 18.7 Å². The van der Waals surface area contributed by atoms with Crippen LogP contribution in [0.25, 0.3) is 33.1 Å². The van der Waals surface area contributed by atoms with Gasteiger partial charge in [-0.2, -0.15) is 0 Å². The zero-order chi connectivity index (χ0) is 23.2. The molecule has 0 saturated carbocycles. The van der Waals surface area contributed by atoms with Gasteiger partial charge in [0.1, 0.15) is 5.75 Å². The molecule has 1 amide bonds. The van der Waals surface area contributed by atoms with Crippen LogP contribution in [0.15, 0.2) is 79.0 Å². The van der Waals surface area contributed by atoms with Gasteiger partial charge in [0.25, 0.3) is 0 Å². The van der Waals surface area contributed by atoms with E-state index in [4.69, 9.17) is 4.74 Å². The van der Waals surface area contributed by atoms with Gasteiger partial charge in [-0.1, -0.05) is 48.5 Å². The van der Waals surface area contributed by atoms with Crippen LogP contribution in [-0.4, -0.2) is 29.1 Å². The van der Waals surface area contributed by atoms with E-state index in [-0.39, 0.29) is 17.7 Å². The van der Waals surface area contributed by atoms with E-state index in [1.807, 2.05) is 30.5 Å². The summed E-state index contributed by atoms with van der Waals surface area (Å²) in [6.07, 6.45) is 2.01. The first kappa shape index (κ1) is 20.6. The van der Waals surface area contributed by atoms with Crippen molar-refractivity contribution in [3.8, 4) is 17.0 Å². The Hall–Kier alpha value is -3.99. The molecule has 5 heteroatoms. The lowest BCUT2D eigenvalue weighted by atomic mass is 9.81. The molecule has 1 saturated heterocycles. The molecule has 2 atom stereocenters. The molecule has 6 rings (SSSR count). The van der Waals surface area contributed by atoms with Gasteiger partial charge < -0.3 is 19.6 Å². The average molecular weight is 450 g/mol. The topological polar surface area (TPSA) is 59.0 Å². The monoisotopic (exact) mass is 449 g/mol. The van der Waals surface area contributed by atoms with Crippen molar-refractivity contribution < 1.29 is 9.53 Å². The summed E-state index contributed by atoms with van der Waals surface area (Å²) in [5.41, 5.74) is 6.81. The number of nitrogens with zero attached hydrogens (tertiary/aromatic N) is 1. The lowest BCUT2D eigenvalue weighted by Crippen LogP contribution is -2.18. The van der Waals surface area contributed by atoms with Gasteiger partial charge in [0.2, 0.25) is 5.91 Å². The first-order valence-electron chi connectivity index (χ1n) is 11.8. The number of ether oxygens (including phenoxy) is 1. The number of benzene rings is 3. The molecule has 5 aromatic rings. The zero-order valence-electron chi connectivity index (χ0n) is 19.3. The highest BCUT2D eigenvalue weighted by Gasteiger charge is 2.41. The summed E-state index contributed by atoms with van der Waals surface area (Å²) in [5, 5.41) is 5.43. The maximum Gasteiger partial charge on any atom is 0.228 e. The third-order valence-electron chi connectivity index (χ3n) is 7.18. The van der Waals surface area contributed by atoms with E-state index < -0.39 is 0 Å². The first-order valence-corrected chi connectivity index (χ1v) is 11.8. The molecule has 0 aliphatic carbocycles. The van der Waals surface area contributed by atoms with Gasteiger partial charge in [0, 0.05) is 47.0 Å². The van der Waals surface area contributed by atoms with Gasteiger partial charge in [-0.25, -0.2) is 0 Å². The van der Waals surface area contributed by atoms with Crippen molar-refractivity contribution in [3.63, 3.8) is 0 Å². The minimum Gasteiger partial charge on any atom is -0.497 e. The Morgan fingerprint density at radius 2 is 1.79 bits per heavy atom. The molecule has 2 aromatic heterocycles. The van der Waals surface area contributed by atoms with E-state index in [0.717, 1.165) is 45.2 Å². The van der Waals surface area contributed by atoms with Crippen LogP contribution in [0, 0.1) is 0 Å². The number of fused-ring (bicyclic) bond motifs is 2. The Kier molecular flexibility index (Phi) is 4.91. The van der Waals surface area contributed by atoms with Crippen molar-refractivity contribution in [1.82, 2.24) is 14.9 Å². The summed E-state index contributed by atoms with van der Waals surface area (Å²) >= 11 is 0. The Morgan fingerprint density at radius 3 is 2.59 bits per heavy atom. The highest BCUT2D eigenvalue weighted by atomic mass is 16.5. The number of para-hydroxylation sites is 1. The van der Waals surface area contributed by atoms with E-state index in [2.05, 4.69) is 70.3 Å². The van der Waals surface area contributed by atoms with Gasteiger partial charge in [-0.05, 0) is 47.9 Å². The predicted molar refractivity (Wildman–Crippen MR) is 136 cm³/mol. The lowest BCUT2D eigenvalue weighted by molar-refractivity contribution is -0.120. The number of hydrogen-bond donors (Lipinski definition) is 2. The van der Waals surface area contributed by atoms with Crippen molar-refractivity contribution in [2.24, 2.45) is 0 Å². The number of H-pyrrole nitrogens is 1. The average Bonchev–Trinajstić information content (AvgIpc) is 3.56. The van der Waals surface area contributed by atoms with Crippen LogP contribution in [0.3, 0.4) is 0 Å². The number of amides is 1. The molecular formula is C29H27N3O2. The van der Waals surface area contributed by atoms with Crippen molar-refractivity contribution in [2.45, 2.75) is 25.3 Å². The fourth-order valence-electron chi connectivity index (χ4n) is 5.70. The molecule has 170 valence electrons. The summed E-state index contributed by atoms with van der Waals surface area (Å²) in [7, 11) is 1.70. The van der Waals surface area contributed by atoms with Gasteiger partial charge in [-0.15, -0.1) is 0 Å². The fourth-order valence-corrected chi connectivity index (χ4v) is 5.70. The zero-order valence-corrected chi connectivity index (χ0v) is 19.3. The first-order chi connectivity index (χ1) is 16.7. The second-order valence-corrected chi connectivity index (χ2v) is 8.87. The number of carbonyl (C=O) groups excluding carboxylic acids is 1. The lowest BCUT2D eigenvalue weighted by Gasteiger charge is -2.20. The Morgan fingerprint density at radius 1 is 1.00 bits per heavy atom. The maximum atomic E-state index is 13.3. The number of aryl methyl sites for hydroxylation is 1. The van der Waals surface area contributed by atoms with Gasteiger partial charge >= 0.3 is 0 Å². The molecule has 2 unspecified atom stereocenters. The molecule has 3 aromatic carbocycles. The summed E-state index contributed by atoms with van der Waals surface area (Å²) in [6, 6.07) is 25.0. The molecule has 0 bridgehead atoms. The minimum absolute atomic E-state index is 0.00989. The smallest absolute Gasteiger partial charge is 0.228 e. The Bertz CT molecular complexity index is 1510. The molecule has 0 spiro atoms. The SMILES string of the molecule is CCn1c(-c2ccccc2)c(C2CNC(=O)C2c2c[nH]c3ccccc23)c2cc(OC)ccc21. The van der Waals surface area contributed by atoms with E-state index in [1.165, 1.54) is 11.3 Å². The van der Waals surface area contributed by atoms with Crippen LogP contribution in [-0.2, 0) is 11.3 Å². The molecule has 2 N–H and O–H groups in total. The highest BCUT2D eigenvalue weighted by molar-refractivity contribution is 5.98. The van der Waals surface area contributed by atoms with Crippen LogP contribution >= 0.6 is 0 Å². The fraction of sp³-hybridized carbons (Fsp3) is 0.207. The number of nitrogens with one attached hydrogen (secondary N) is 2. The molecule has 3 heterocycles. The second-order valence-electron chi connectivity index (χ2n) is 8.87. The second kappa shape index (κ2) is 8.10. The Labute approximate surface area is 198 Å². The molecule has 1 aliphatic heterocycles. The third-order valence-corrected chi connectivity index (χ3v) is 7.18. The molecule has 5 nitrogen and oxygen atoms in total. The number of methoxy groups -OCH3 is 1. The largest absolute Gasteiger partial charge is 0.497 e. The molecule has 0 radical (unpaired) electrons. The van der Waals surface area contributed by atoms with E-state index in [9.17, 15) is 4.79 Å². The molecule has 34 heavy (non-hydrogen) atoms. The predicted octanol–water partition coefficient (Wildman–Crippen LogP) is 5.82. The van der Waals surface area contributed by atoms with Gasteiger partial charge in [-0.3, -0.25) is 4.79 Å². The summed E-state index contributed by atoms with van der Waals surface area (Å²) in [6.45, 7) is 3.61. The van der Waals surface area contributed by atoms with Crippen molar-refractivity contribution in [3.05, 3.63) is 90.1 Å². The van der Waals surface area contributed by atoms with Crippen LogP contribution in [0.5, 0.6) is 5.75 Å². The van der Waals surface area contributed by atoms with Gasteiger partial charge in [0.15, 0.2) is 0 Å². The normalized spacial score (nSPS) is 18.0. The highest BCUT2D eigenvalue weighted by Crippen LogP contribution is 2.47. The van der Waals surface area contributed by atoms with Crippen LogP contribution in [0.4, 0.5) is 0 Å². The number of carbonyl (C=O) groups is 1. The Balaban J connectivity index is 1.65. The molecule has 1 fully saturated rings. The molecule has 1 aliphatic rings. The minimum atomic E-state index is -0.277. The third kappa shape index (κ3) is 3.04. The number of aromatic amines is 1. The van der Waals surface area contributed by atoms with Crippen molar-refractivity contribution >= 4 is 27.7 Å². The standard InChI is InChI=1S/C29H27N3O2/c1-3-32-25-14-13-19(34-2)15-21(25)26(28(32)18-9-5-4-6-10-18)23-17-31-29(33)27(23)22-16-30-24-12-8-7-11-20(22)24/h4-16,23,27,30H,3,17H2,1-2H3,(H,31,33). The number of hydrogen-bond acceptors (Lipinski definition) is 2. The summed E-state index contributed by atoms with van der Waals surface area (Å²) in [4.78, 5) is 16.7. The summed E-state index contributed by atoms with van der Waals surface area (Å²) < 4.78 is 7.98. The van der Waals surface area contributed by atoms with Crippen LogP contribution in [0.1, 0.15) is 29.9 Å². The van der Waals surface area contributed by atoms with E-state index >= 15 is 0 Å². The van der Waals surface area contributed by atoms with E-state index in [0.29, 0.717) is 6.54 Å². The maximum absolute atomic E-state index is 13.3. The van der Waals surface area contributed by atoms with Crippen LogP contribution in [0.2, 0.25) is 0 Å². The quantitative estimate of drug-likeness (QED) is 0.355. The van der Waals surface area contributed by atoms with E-state index in [1.54, 1.807) is 7.11 Å².